The maximum absolute atomic E-state index is 4.65. The molecule has 3 rings (SSSR count). The van der Waals surface area contributed by atoms with Gasteiger partial charge in [0.05, 0.1) is 0 Å². The fraction of sp³-hybridized carbons (Fsp3) is 0.467. The third kappa shape index (κ3) is 2.17. The topological polar surface area (TPSA) is 41.6 Å². The second-order valence-electron chi connectivity index (χ2n) is 5.08. The number of rotatable bonds is 3. The molecule has 1 aromatic heterocycles. The van der Waals surface area contributed by atoms with Crippen LogP contribution in [0.4, 0.5) is 0 Å². The molecule has 0 radical (unpaired) electrons. The number of benzene rings is 1. The maximum Gasteiger partial charge on any atom is 0.181 e. The van der Waals surface area contributed by atoms with Crippen LogP contribution in [0.1, 0.15) is 49.9 Å². The molecule has 0 aliphatic heterocycles. The van der Waals surface area contributed by atoms with E-state index >= 15 is 0 Å². The first kappa shape index (κ1) is 11.5. The van der Waals surface area contributed by atoms with Crippen LogP contribution in [0.3, 0.4) is 0 Å². The molecule has 0 bridgehead atoms. The van der Waals surface area contributed by atoms with E-state index in [9.17, 15) is 0 Å². The number of H-pyrrole nitrogens is 1. The van der Waals surface area contributed by atoms with E-state index in [1.807, 2.05) is 0 Å². The summed E-state index contributed by atoms with van der Waals surface area (Å²) < 4.78 is 0. The van der Waals surface area contributed by atoms with Crippen LogP contribution in [-0.2, 0) is 6.42 Å². The van der Waals surface area contributed by atoms with Crippen molar-refractivity contribution in [2.24, 2.45) is 0 Å². The van der Waals surface area contributed by atoms with Gasteiger partial charge < -0.3 is 0 Å². The summed E-state index contributed by atoms with van der Waals surface area (Å²) in [5.74, 6) is 2.50. The molecule has 1 fully saturated rings. The van der Waals surface area contributed by atoms with Crippen molar-refractivity contribution in [1.29, 1.82) is 0 Å². The number of hydrogen-bond donors (Lipinski definition) is 1. The Morgan fingerprint density at radius 2 is 1.89 bits per heavy atom. The van der Waals surface area contributed by atoms with E-state index in [1.54, 1.807) is 0 Å². The lowest BCUT2D eigenvalue weighted by Gasteiger charge is -2.02. The van der Waals surface area contributed by atoms with Crippen molar-refractivity contribution < 1.29 is 0 Å². The first-order valence-electron chi connectivity index (χ1n) is 6.88. The summed E-state index contributed by atoms with van der Waals surface area (Å²) in [6.45, 7) is 2.17. The van der Waals surface area contributed by atoms with E-state index in [1.165, 1.54) is 31.2 Å². The van der Waals surface area contributed by atoms with Gasteiger partial charge in [0, 0.05) is 11.5 Å². The van der Waals surface area contributed by atoms with Crippen molar-refractivity contribution in [1.82, 2.24) is 15.2 Å². The van der Waals surface area contributed by atoms with E-state index in [4.69, 9.17) is 0 Å². The van der Waals surface area contributed by atoms with E-state index in [2.05, 4.69) is 46.4 Å². The fourth-order valence-electron chi connectivity index (χ4n) is 2.67. The predicted octanol–water partition coefficient (Wildman–Crippen LogP) is 3.69. The Kier molecular flexibility index (Phi) is 3.13. The van der Waals surface area contributed by atoms with Crippen LogP contribution in [0.2, 0.25) is 0 Å². The van der Waals surface area contributed by atoms with Gasteiger partial charge in [0.15, 0.2) is 5.82 Å². The molecule has 1 heterocycles. The molecule has 0 amide bonds. The lowest BCUT2D eigenvalue weighted by Crippen LogP contribution is -1.94. The third-order valence-corrected chi connectivity index (χ3v) is 3.86. The molecule has 1 aliphatic rings. The summed E-state index contributed by atoms with van der Waals surface area (Å²) in [5, 5.41) is 7.46. The highest BCUT2D eigenvalue weighted by Gasteiger charge is 2.20. The van der Waals surface area contributed by atoms with Gasteiger partial charge in [-0.15, -0.1) is 0 Å². The van der Waals surface area contributed by atoms with Gasteiger partial charge in [0.1, 0.15) is 5.82 Å². The monoisotopic (exact) mass is 241 g/mol. The van der Waals surface area contributed by atoms with Crippen LogP contribution in [-0.4, -0.2) is 15.2 Å². The van der Waals surface area contributed by atoms with E-state index in [0.717, 1.165) is 23.6 Å². The average Bonchev–Trinajstić information content (AvgIpc) is 3.09. The number of hydrogen-bond acceptors (Lipinski definition) is 2. The van der Waals surface area contributed by atoms with Gasteiger partial charge in [0.25, 0.3) is 0 Å². The van der Waals surface area contributed by atoms with Crippen LogP contribution in [0.5, 0.6) is 0 Å². The summed E-state index contributed by atoms with van der Waals surface area (Å²) in [6, 6.07) is 8.53. The van der Waals surface area contributed by atoms with Gasteiger partial charge >= 0.3 is 0 Å². The molecular formula is C15H19N3. The second-order valence-corrected chi connectivity index (χ2v) is 5.08. The number of aromatic nitrogens is 3. The standard InChI is InChI=1S/C15H19N3/c1-2-11-7-9-13(10-8-11)15-16-14(17-18-15)12-5-3-4-6-12/h7-10,12H,2-6H2,1H3,(H,16,17,18). The lowest BCUT2D eigenvalue weighted by atomic mass is 10.1. The Morgan fingerprint density at radius 1 is 1.17 bits per heavy atom. The zero-order valence-electron chi connectivity index (χ0n) is 10.8. The van der Waals surface area contributed by atoms with Crippen molar-refractivity contribution in [3.8, 4) is 11.4 Å². The van der Waals surface area contributed by atoms with Crippen LogP contribution >= 0.6 is 0 Å². The van der Waals surface area contributed by atoms with Gasteiger partial charge in [-0.3, -0.25) is 5.10 Å². The van der Waals surface area contributed by atoms with Crippen LogP contribution in [0.25, 0.3) is 11.4 Å². The molecule has 0 saturated heterocycles. The second kappa shape index (κ2) is 4.92. The minimum Gasteiger partial charge on any atom is -0.262 e. The minimum atomic E-state index is 0.598. The molecule has 1 aromatic carbocycles. The molecule has 18 heavy (non-hydrogen) atoms. The molecule has 1 N–H and O–H groups in total. The van der Waals surface area contributed by atoms with Crippen molar-refractivity contribution in [2.45, 2.75) is 44.9 Å². The SMILES string of the molecule is CCc1ccc(-c2n[nH]c(C3CCCC3)n2)cc1. The van der Waals surface area contributed by atoms with Gasteiger partial charge in [-0.25, -0.2) is 4.98 Å². The number of nitrogens with one attached hydrogen (secondary N) is 1. The summed E-state index contributed by atoms with van der Waals surface area (Å²) in [7, 11) is 0. The van der Waals surface area contributed by atoms with Crippen LogP contribution in [0, 0.1) is 0 Å². The summed E-state index contributed by atoms with van der Waals surface area (Å²) in [6.07, 6.45) is 6.23. The molecule has 3 heteroatoms. The van der Waals surface area contributed by atoms with Crippen molar-refractivity contribution >= 4 is 0 Å². The Bertz CT molecular complexity index is 507. The molecular weight excluding hydrogens is 222 g/mol. The average molecular weight is 241 g/mol. The molecule has 94 valence electrons. The first-order valence-corrected chi connectivity index (χ1v) is 6.88. The number of aromatic amines is 1. The number of aryl methyl sites for hydroxylation is 1. The maximum atomic E-state index is 4.65. The predicted molar refractivity (Wildman–Crippen MR) is 72.4 cm³/mol. The van der Waals surface area contributed by atoms with E-state index in [0.29, 0.717) is 5.92 Å². The molecule has 2 aromatic rings. The molecule has 0 unspecified atom stereocenters. The summed E-state index contributed by atoms with van der Waals surface area (Å²) in [5.41, 5.74) is 2.46. The highest BCUT2D eigenvalue weighted by Crippen LogP contribution is 2.32. The number of nitrogens with zero attached hydrogens (tertiary/aromatic N) is 2. The van der Waals surface area contributed by atoms with Gasteiger partial charge in [0.2, 0.25) is 0 Å². The highest BCUT2D eigenvalue weighted by molar-refractivity contribution is 5.55. The normalized spacial score (nSPS) is 16.3. The quantitative estimate of drug-likeness (QED) is 0.890. The fourth-order valence-corrected chi connectivity index (χ4v) is 2.67. The summed E-state index contributed by atoms with van der Waals surface area (Å²) >= 11 is 0. The zero-order valence-corrected chi connectivity index (χ0v) is 10.8. The molecule has 1 saturated carbocycles. The zero-order chi connectivity index (χ0) is 12.4. The van der Waals surface area contributed by atoms with Crippen molar-refractivity contribution in [3.05, 3.63) is 35.7 Å². The van der Waals surface area contributed by atoms with E-state index < -0.39 is 0 Å². The Morgan fingerprint density at radius 3 is 2.56 bits per heavy atom. The largest absolute Gasteiger partial charge is 0.262 e. The molecule has 0 atom stereocenters. The van der Waals surface area contributed by atoms with Crippen LogP contribution in [0.15, 0.2) is 24.3 Å². The molecule has 0 spiro atoms. The third-order valence-electron chi connectivity index (χ3n) is 3.86. The van der Waals surface area contributed by atoms with Gasteiger partial charge in [-0.05, 0) is 24.8 Å². The smallest absolute Gasteiger partial charge is 0.181 e. The van der Waals surface area contributed by atoms with E-state index in [-0.39, 0.29) is 0 Å². The highest BCUT2D eigenvalue weighted by atomic mass is 15.2. The van der Waals surface area contributed by atoms with Crippen molar-refractivity contribution in [3.63, 3.8) is 0 Å². The molecule has 1 aliphatic carbocycles. The van der Waals surface area contributed by atoms with Gasteiger partial charge in [-0.1, -0.05) is 44.0 Å². The Hall–Kier alpha value is -1.64. The minimum absolute atomic E-state index is 0.598. The van der Waals surface area contributed by atoms with Crippen LogP contribution < -0.4 is 0 Å². The molecule has 3 nitrogen and oxygen atoms in total. The Balaban J connectivity index is 1.82. The summed E-state index contributed by atoms with van der Waals surface area (Å²) in [4.78, 5) is 4.65. The lowest BCUT2D eigenvalue weighted by molar-refractivity contribution is 0.672. The Labute approximate surface area is 108 Å². The first-order chi connectivity index (χ1) is 8.86. The van der Waals surface area contributed by atoms with Crippen molar-refractivity contribution in [2.75, 3.05) is 0 Å². The van der Waals surface area contributed by atoms with Gasteiger partial charge in [-0.2, -0.15) is 5.10 Å².